The van der Waals surface area contributed by atoms with Gasteiger partial charge >= 0.3 is 0 Å². The van der Waals surface area contributed by atoms with E-state index in [-0.39, 0.29) is 0 Å². The van der Waals surface area contributed by atoms with Gasteiger partial charge in [0.2, 0.25) is 0 Å². The Morgan fingerprint density at radius 1 is 0.842 bits per heavy atom. The molecule has 2 aromatic rings. The topological polar surface area (TPSA) is 0 Å². The van der Waals surface area contributed by atoms with E-state index >= 15 is 0 Å². The highest BCUT2D eigenvalue weighted by atomic mass is 32.2. The van der Waals surface area contributed by atoms with E-state index < -0.39 is 0 Å². The molecule has 0 N–H and O–H groups in total. The molecular formula is C17H22NS+. The average molecular weight is 272 g/mol. The van der Waals surface area contributed by atoms with Gasteiger partial charge in [-0.05, 0) is 12.1 Å². The fraction of sp³-hybridized carbons (Fsp3) is 0.294. The van der Waals surface area contributed by atoms with E-state index in [1.807, 2.05) is 11.8 Å². The molecule has 2 rings (SSSR count). The van der Waals surface area contributed by atoms with Crippen molar-refractivity contribution in [3.05, 3.63) is 66.2 Å². The number of quaternary nitrogens is 1. The van der Waals surface area contributed by atoms with E-state index in [0.29, 0.717) is 0 Å². The zero-order valence-corrected chi connectivity index (χ0v) is 12.6. The summed E-state index contributed by atoms with van der Waals surface area (Å²) in [6, 6.07) is 21.4. The van der Waals surface area contributed by atoms with Crippen LogP contribution in [0.25, 0.3) is 0 Å². The van der Waals surface area contributed by atoms with Crippen molar-refractivity contribution in [2.45, 2.75) is 11.4 Å². The molecular weight excluding hydrogens is 250 g/mol. The summed E-state index contributed by atoms with van der Waals surface area (Å²) >= 11 is 1.94. The van der Waals surface area contributed by atoms with Crippen molar-refractivity contribution in [2.24, 2.45) is 0 Å². The second kappa shape index (κ2) is 6.78. The summed E-state index contributed by atoms with van der Waals surface area (Å²) < 4.78 is 1.03. The lowest BCUT2D eigenvalue weighted by Crippen LogP contribution is -2.40. The molecule has 0 bridgehead atoms. The third-order valence-corrected chi connectivity index (χ3v) is 4.15. The molecule has 2 heteroatoms. The maximum atomic E-state index is 2.30. The number of thioether (sulfide) groups is 1. The molecule has 0 fully saturated rings. The lowest BCUT2D eigenvalue weighted by atomic mass is 10.2. The molecule has 0 spiro atoms. The highest BCUT2D eigenvalue weighted by Crippen LogP contribution is 2.18. The van der Waals surface area contributed by atoms with Crippen molar-refractivity contribution >= 4 is 11.8 Å². The first-order valence-electron chi connectivity index (χ1n) is 6.69. The first-order chi connectivity index (χ1) is 9.16. The van der Waals surface area contributed by atoms with Crippen LogP contribution in [0.1, 0.15) is 5.56 Å². The minimum absolute atomic E-state index is 1.03. The maximum Gasteiger partial charge on any atom is 0.104 e. The molecule has 0 saturated carbocycles. The predicted molar refractivity (Wildman–Crippen MR) is 84.3 cm³/mol. The highest BCUT2D eigenvalue weighted by Gasteiger charge is 2.15. The summed E-state index contributed by atoms with van der Waals surface area (Å²) in [7, 11) is 4.61. The number of hydrogen-bond acceptors (Lipinski definition) is 1. The van der Waals surface area contributed by atoms with Gasteiger partial charge in [0.05, 0.1) is 20.6 Å². The Morgan fingerprint density at radius 2 is 1.42 bits per heavy atom. The molecule has 0 aliphatic rings. The van der Waals surface area contributed by atoms with E-state index in [9.17, 15) is 0 Å². The Labute approximate surface area is 120 Å². The average Bonchev–Trinajstić information content (AvgIpc) is 2.40. The van der Waals surface area contributed by atoms with Crippen LogP contribution < -0.4 is 0 Å². The standard InChI is InChI=1S/C17H22NS/c1-18(2,15-16-9-5-3-6-10-16)13-14-19-17-11-7-4-8-12-17/h3-12H,13-15H2,1-2H3/q+1. The third kappa shape index (κ3) is 5.09. The predicted octanol–water partition coefficient (Wildman–Crippen LogP) is 4.06. The van der Waals surface area contributed by atoms with E-state index in [1.54, 1.807) is 0 Å². The van der Waals surface area contributed by atoms with Gasteiger partial charge in [-0.15, -0.1) is 11.8 Å². The van der Waals surface area contributed by atoms with Crippen LogP contribution in [0.3, 0.4) is 0 Å². The van der Waals surface area contributed by atoms with Gasteiger partial charge in [-0.2, -0.15) is 0 Å². The Hall–Kier alpha value is -1.25. The van der Waals surface area contributed by atoms with Crippen molar-refractivity contribution in [1.82, 2.24) is 0 Å². The molecule has 2 aromatic carbocycles. The van der Waals surface area contributed by atoms with Crippen molar-refractivity contribution in [3.8, 4) is 0 Å². The molecule has 0 aliphatic carbocycles. The third-order valence-electron chi connectivity index (χ3n) is 3.16. The van der Waals surface area contributed by atoms with Gasteiger partial charge < -0.3 is 4.48 Å². The van der Waals surface area contributed by atoms with Gasteiger partial charge in [-0.3, -0.25) is 0 Å². The molecule has 0 aromatic heterocycles. The van der Waals surface area contributed by atoms with Crippen molar-refractivity contribution in [1.29, 1.82) is 0 Å². The van der Waals surface area contributed by atoms with Crippen LogP contribution in [-0.4, -0.2) is 30.9 Å². The Bertz CT molecular complexity index is 479. The second-order valence-electron chi connectivity index (χ2n) is 5.46. The Kier molecular flexibility index (Phi) is 5.06. The molecule has 0 atom stereocenters. The van der Waals surface area contributed by atoms with Gasteiger partial charge in [0, 0.05) is 16.2 Å². The Morgan fingerprint density at radius 3 is 2.05 bits per heavy atom. The Balaban J connectivity index is 1.81. The molecule has 19 heavy (non-hydrogen) atoms. The molecule has 100 valence electrons. The summed E-state index contributed by atoms with van der Waals surface area (Å²) in [4.78, 5) is 1.36. The number of benzene rings is 2. The maximum absolute atomic E-state index is 2.30. The summed E-state index contributed by atoms with van der Waals surface area (Å²) in [5.74, 6) is 1.16. The van der Waals surface area contributed by atoms with Crippen LogP contribution in [-0.2, 0) is 6.54 Å². The zero-order chi connectivity index (χ0) is 13.6. The molecule has 0 heterocycles. The first-order valence-corrected chi connectivity index (χ1v) is 7.68. The van der Waals surface area contributed by atoms with Crippen LogP contribution in [0, 0.1) is 0 Å². The normalized spacial score (nSPS) is 11.5. The van der Waals surface area contributed by atoms with Gasteiger partial charge in [0.25, 0.3) is 0 Å². The monoisotopic (exact) mass is 272 g/mol. The molecule has 0 amide bonds. The number of nitrogens with zero attached hydrogens (tertiary/aromatic N) is 1. The zero-order valence-electron chi connectivity index (χ0n) is 11.8. The molecule has 0 radical (unpaired) electrons. The van der Waals surface area contributed by atoms with Gasteiger partial charge in [-0.1, -0.05) is 48.5 Å². The number of rotatable bonds is 6. The van der Waals surface area contributed by atoms with Gasteiger partial charge in [0.1, 0.15) is 6.54 Å². The summed E-state index contributed by atoms with van der Waals surface area (Å²) in [5, 5.41) is 0. The molecule has 0 unspecified atom stereocenters. The SMILES string of the molecule is C[N+](C)(CCSc1ccccc1)Cc1ccccc1. The van der Waals surface area contributed by atoms with Crippen LogP contribution in [0.4, 0.5) is 0 Å². The van der Waals surface area contributed by atoms with Crippen LogP contribution in [0.2, 0.25) is 0 Å². The summed E-state index contributed by atoms with van der Waals surface area (Å²) in [6.45, 7) is 2.27. The largest absolute Gasteiger partial charge is 0.324 e. The summed E-state index contributed by atoms with van der Waals surface area (Å²) in [6.07, 6.45) is 0. The minimum atomic E-state index is 1.03. The first kappa shape index (κ1) is 14.2. The number of hydrogen-bond donors (Lipinski definition) is 0. The molecule has 1 nitrogen and oxygen atoms in total. The smallest absolute Gasteiger partial charge is 0.104 e. The quantitative estimate of drug-likeness (QED) is 0.564. The van der Waals surface area contributed by atoms with E-state index in [0.717, 1.165) is 16.8 Å². The highest BCUT2D eigenvalue weighted by molar-refractivity contribution is 7.99. The van der Waals surface area contributed by atoms with Gasteiger partial charge in [-0.25, -0.2) is 0 Å². The fourth-order valence-electron chi connectivity index (χ4n) is 2.08. The van der Waals surface area contributed by atoms with Gasteiger partial charge in [0.15, 0.2) is 0 Å². The van der Waals surface area contributed by atoms with Crippen molar-refractivity contribution < 1.29 is 4.48 Å². The molecule has 0 saturated heterocycles. The lowest BCUT2D eigenvalue weighted by Gasteiger charge is -2.29. The van der Waals surface area contributed by atoms with Crippen LogP contribution in [0.15, 0.2) is 65.6 Å². The van der Waals surface area contributed by atoms with Crippen molar-refractivity contribution in [2.75, 3.05) is 26.4 Å². The second-order valence-corrected chi connectivity index (χ2v) is 6.63. The minimum Gasteiger partial charge on any atom is -0.324 e. The summed E-state index contributed by atoms with van der Waals surface area (Å²) in [5.41, 5.74) is 1.41. The lowest BCUT2D eigenvalue weighted by molar-refractivity contribution is -0.901. The van der Waals surface area contributed by atoms with Crippen LogP contribution >= 0.6 is 11.8 Å². The van der Waals surface area contributed by atoms with E-state index in [2.05, 4.69) is 74.8 Å². The molecule has 0 aliphatic heterocycles. The van der Waals surface area contributed by atoms with Crippen LogP contribution in [0.5, 0.6) is 0 Å². The van der Waals surface area contributed by atoms with E-state index in [1.165, 1.54) is 17.0 Å². The fourth-order valence-corrected chi connectivity index (χ4v) is 3.25. The van der Waals surface area contributed by atoms with E-state index in [4.69, 9.17) is 0 Å². The van der Waals surface area contributed by atoms with Crippen molar-refractivity contribution in [3.63, 3.8) is 0 Å².